The monoisotopic (exact) mass is 368 g/mol. The molecule has 0 aliphatic heterocycles. The first-order chi connectivity index (χ1) is 13.2. The Labute approximate surface area is 161 Å². The maximum absolute atomic E-state index is 12.0. The molecule has 0 aliphatic rings. The van der Waals surface area contributed by atoms with Crippen LogP contribution in [0.4, 0.5) is 0 Å². The van der Waals surface area contributed by atoms with E-state index in [1.807, 2.05) is 62.4 Å². The van der Waals surface area contributed by atoms with Gasteiger partial charge in [0.2, 0.25) is 0 Å². The van der Waals surface area contributed by atoms with Crippen molar-refractivity contribution >= 4 is 11.9 Å². The van der Waals surface area contributed by atoms with Gasteiger partial charge in [0.05, 0.1) is 13.7 Å². The van der Waals surface area contributed by atoms with Crippen molar-refractivity contribution in [3.05, 3.63) is 65.2 Å². The van der Waals surface area contributed by atoms with Gasteiger partial charge >= 0.3 is 0 Å². The highest BCUT2D eigenvalue weighted by Gasteiger charge is 2.06. The van der Waals surface area contributed by atoms with Gasteiger partial charge in [-0.2, -0.15) is 0 Å². The number of hydrogen-bond donors (Lipinski definition) is 3. The first kappa shape index (κ1) is 20.3. The van der Waals surface area contributed by atoms with Gasteiger partial charge in [0.25, 0.3) is 5.91 Å². The number of para-hydroxylation sites is 1. The first-order valence-corrected chi connectivity index (χ1v) is 9.19. The molecule has 0 unspecified atom stereocenters. The number of ether oxygens (including phenoxy) is 1. The Morgan fingerprint density at radius 1 is 1.00 bits per heavy atom. The lowest BCUT2D eigenvalue weighted by molar-refractivity contribution is 0.0955. The summed E-state index contributed by atoms with van der Waals surface area (Å²) >= 11 is 0. The molecule has 0 bridgehead atoms. The summed E-state index contributed by atoms with van der Waals surface area (Å²) < 4.78 is 5.38. The lowest BCUT2D eigenvalue weighted by atomic mass is 10.1. The molecule has 0 heterocycles. The molecule has 6 nitrogen and oxygen atoms in total. The molecular formula is C21H28N4O2. The number of nitrogens with zero attached hydrogens (tertiary/aromatic N) is 1. The molecule has 0 saturated carbocycles. The molecule has 0 fully saturated rings. The van der Waals surface area contributed by atoms with Gasteiger partial charge in [0.1, 0.15) is 5.75 Å². The SMILES string of the molecule is CCNC(=O)c1cccc(CN=C(NCC)NCc2ccccc2OC)c1. The third-order valence-corrected chi connectivity index (χ3v) is 3.93. The van der Waals surface area contributed by atoms with E-state index in [9.17, 15) is 4.79 Å². The average molecular weight is 368 g/mol. The molecule has 2 aromatic carbocycles. The molecule has 0 spiro atoms. The van der Waals surface area contributed by atoms with E-state index in [1.165, 1.54) is 0 Å². The molecule has 2 aromatic rings. The zero-order chi connectivity index (χ0) is 19.5. The summed E-state index contributed by atoms with van der Waals surface area (Å²) in [6, 6.07) is 15.4. The van der Waals surface area contributed by atoms with Crippen LogP contribution in [0.3, 0.4) is 0 Å². The number of carbonyl (C=O) groups excluding carboxylic acids is 1. The fraction of sp³-hybridized carbons (Fsp3) is 0.333. The lowest BCUT2D eigenvalue weighted by Crippen LogP contribution is -2.36. The summed E-state index contributed by atoms with van der Waals surface area (Å²) in [5.41, 5.74) is 2.69. The Balaban J connectivity index is 2.04. The van der Waals surface area contributed by atoms with Crippen LogP contribution in [0.5, 0.6) is 5.75 Å². The maximum Gasteiger partial charge on any atom is 0.251 e. The zero-order valence-electron chi connectivity index (χ0n) is 16.2. The van der Waals surface area contributed by atoms with E-state index >= 15 is 0 Å². The molecule has 0 aromatic heterocycles. The molecule has 3 N–H and O–H groups in total. The highest BCUT2D eigenvalue weighted by molar-refractivity contribution is 5.94. The Morgan fingerprint density at radius 3 is 2.52 bits per heavy atom. The average Bonchev–Trinajstić information content (AvgIpc) is 2.70. The third kappa shape index (κ3) is 6.33. The fourth-order valence-corrected chi connectivity index (χ4v) is 2.61. The van der Waals surface area contributed by atoms with E-state index in [0.717, 1.165) is 23.4 Å². The summed E-state index contributed by atoms with van der Waals surface area (Å²) in [5, 5.41) is 9.37. The van der Waals surface area contributed by atoms with Gasteiger partial charge in [0, 0.05) is 30.8 Å². The molecule has 144 valence electrons. The van der Waals surface area contributed by atoms with Crippen molar-refractivity contribution in [2.24, 2.45) is 4.99 Å². The van der Waals surface area contributed by atoms with E-state index in [4.69, 9.17) is 4.74 Å². The highest BCUT2D eigenvalue weighted by atomic mass is 16.5. The van der Waals surface area contributed by atoms with Crippen LogP contribution in [-0.2, 0) is 13.1 Å². The Morgan fingerprint density at radius 2 is 1.78 bits per heavy atom. The third-order valence-electron chi connectivity index (χ3n) is 3.93. The van der Waals surface area contributed by atoms with Crippen molar-refractivity contribution in [3.8, 4) is 5.75 Å². The van der Waals surface area contributed by atoms with Crippen LogP contribution in [0.2, 0.25) is 0 Å². The topological polar surface area (TPSA) is 74.8 Å². The largest absolute Gasteiger partial charge is 0.496 e. The van der Waals surface area contributed by atoms with E-state index in [0.29, 0.717) is 31.2 Å². The van der Waals surface area contributed by atoms with Crippen LogP contribution in [-0.4, -0.2) is 32.1 Å². The number of amides is 1. The molecule has 0 atom stereocenters. The van der Waals surface area contributed by atoms with Gasteiger partial charge < -0.3 is 20.7 Å². The molecule has 27 heavy (non-hydrogen) atoms. The van der Waals surface area contributed by atoms with E-state index in [1.54, 1.807) is 7.11 Å². The number of rotatable bonds is 8. The molecule has 6 heteroatoms. The van der Waals surface area contributed by atoms with Gasteiger partial charge in [-0.15, -0.1) is 0 Å². The minimum atomic E-state index is -0.0652. The first-order valence-electron chi connectivity index (χ1n) is 9.19. The van der Waals surface area contributed by atoms with Crippen LogP contribution >= 0.6 is 0 Å². The highest BCUT2D eigenvalue weighted by Crippen LogP contribution is 2.16. The van der Waals surface area contributed by atoms with E-state index < -0.39 is 0 Å². The van der Waals surface area contributed by atoms with Gasteiger partial charge in [0.15, 0.2) is 5.96 Å². The second kappa shape index (κ2) is 10.9. The number of methoxy groups -OCH3 is 1. The Kier molecular flexibility index (Phi) is 8.16. The summed E-state index contributed by atoms with van der Waals surface area (Å²) in [4.78, 5) is 16.6. The number of nitrogens with one attached hydrogen (secondary N) is 3. The standard InChI is InChI=1S/C21H28N4O2/c1-4-22-20(26)17-11-8-9-16(13-17)14-24-21(23-5-2)25-15-18-10-6-7-12-19(18)27-3/h6-13H,4-5,14-15H2,1-3H3,(H,22,26)(H2,23,24,25). The van der Waals surface area contributed by atoms with Crippen molar-refractivity contribution in [1.82, 2.24) is 16.0 Å². The fourth-order valence-electron chi connectivity index (χ4n) is 2.61. The maximum atomic E-state index is 12.0. The second-order valence-corrected chi connectivity index (χ2v) is 5.92. The molecule has 0 radical (unpaired) electrons. The second-order valence-electron chi connectivity index (χ2n) is 5.92. The number of benzene rings is 2. The van der Waals surface area contributed by atoms with Crippen molar-refractivity contribution in [2.75, 3.05) is 20.2 Å². The van der Waals surface area contributed by atoms with Gasteiger partial charge in [-0.05, 0) is 37.6 Å². The number of hydrogen-bond acceptors (Lipinski definition) is 3. The molecular weight excluding hydrogens is 340 g/mol. The molecule has 1 amide bonds. The molecule has 0 aliphatic carbocycles. The normalized spacial score (nSPS) is 11.0. The van der Waals surface area contributed by atoms with Crippen molar-refractivity contribution in [2.45, 2.75) is 26.9 Å². The van der Waals surface area contributed by atoms with Crippen LogP contribution in [0, 0.1) is 0 Å². The molecule has 0 saturated heterocycles. The van der Waals surface area contributed by atoms with Crippen LogP contribution in [0.25, 0.3) is 0 Å². The van der Waals surface area contributed by atoms with Crippen molar-refractivity contribution < 1.29 is 9.53 Å². The number of aliphatic imine (C=N–C) groups is 1. The quantitative estimate of drug-likeness (QED) is 0.495. The van der Waals surface area contributed by atoms with Gasteiger partial charge in [-0.1, -0.05) is 30.3 Å². The van der Waals surface area contributed by atoms with Gasteiger partial charge in [-0.3, -0.25) is 4.79 Å². The van der Waals surface area contributed by atoms with Gasteiger partial charge in [-0.25, -0.2) is 4.99 Å². The predicted octanol–water partition coefficient (Wildman–Crippen LogP) is 2.70. The van der Waals surface area contributed by atoms with E-state index in [-0.39, 0.29) is 5.91 Å². The summed E-state index contributed by atoms with van der Waals surface area (Å²) in [6.07, 6.45) is 0. The number of carbonyl (C=O) groups is 1. The molecule has 2 rings (SSSR count). The minimum absolute atomic E-state index is 0.0652. The van der Waals surface area contributed by atoms with Crippen LogP contribution in [0.1, 0.15) is 35.3 Å². The van der Waals surface area contributed by atoms with Crippen LogP contribution in [0.15, 0.2) is 53.5 Å². The van der Waals surface area contributed by atoms with Crippen LogP contribution < -0.4 is 20.7 Å². The van der Waals surface area contributed by atoms with Crippen molar-refractivity contribution in [3.63, 3.8) is 0 Å². The summed E-state index contributed by atoms with van der Waals surface area (Å²) in [5.74, 6) is 1.49. The number of guanidine groups is 1. The van der Waals surface area contributed by atoms with Crippen molar-refractivity contribution in [1.29, 1.82) is 0 Å². The summed E-state index contributed by atoms with van der Waals surface area (Å²) in [7, 11) is 1.67. The smallest absolute Gasteiger partial charge is 0.251 e. The predicted molar refractivity (Wildman–Crippen MR) is 109 cm³/mol. The minimum Gasteiger partial charge on any atom is -0.496 e. The lowest BCUT2D eigenvalue weighted by Gasteiger charge is -2.13. The zero-order valence-corrected chi connectivity index (χ0v) is 16.2. The summed E-state index contributed by atoms with van der Waals surface area (Å²) in [6.45, 7) is 6.39. The Hall–Kier alpha value is -3.02. The van der Waals surface area contributed by atoms with E-state index in [2.05, 4.69) is 20.9 Å². The Bertz CT molecular complexity index is 774.